The second kappa shape index (κ2) is 8.32. The van der Waals surface area contributed by atoms with Gasteiger partial charge in [0, 0.05) is 38.3 Å². The molecule has 3 aliphatic heterocycles. The van der Waals surface area contributed by atoms with Gasteiger partial charge in [0.25, 0.3) is 5.91 Å². The summed E-state index contributed by atoms with van der Waals surface area (Å²) in [6.45, 7) is 6.52. The van der Waals surface area contributed by atoms with E-state index in [0.717, 1.165) is 76.1 Å². The first-order chi connectivity index (χ1) is 14.7. The van der Waals surface area contributed by atoms with E-state index in [1.54, 1.807) is 0 Å². The van der Waals surface area contributed by atoms with Crippen LogP contribution in [-0.2, 0) is 17.9 Å². The van der Waals surface area contributed by atoms with Crippen molar-refractivity contribution in [3.8, 4) is 0 Å². The van der Waals surface area contributed by atoms with Gasteiger partial charge in [-0.25, -0.2) is 0 Å². The molecule has 3 heterocycles. The second-order valence-electron chi connectivity index (χ2n) is 8.88. The number of rotatable bonds is 6. The van der Waals surface area contributed by atoms with Gasteiger partial charge in [-0.15, -0.1) is 0 Å². The van der Waals surface area contributed by atoms with Crippen LogP contribution in [0.3, 0.4) is 0 Å². The number of benzene rings is 2. The van der Waals surface area contributed by atoms with E-state index in [2.05, 4.69) is 34.1 Å². The largest absolute Gasteiger partial charge is 0.333 e. The number of fused-ring (bicyclic) bond motifs is 2. The highest BCUT2D eigenvalue weighted by molar-refractivity contribution is 5.98. The van der Waals surface area contributed by atoms with Crippen LogP contribution in [-0.4, -0.2) is 59.6 Å². The molecule has 30 heavy (non-hydrogen) atoms. The van der Waals surface area contributed by atoms with Crippen molar-refractivity contribution in [2.24, 2.45) is 5.92 Å². The lowest BCUT2D eigenvalue weighted by atomic mass is 9.95. The number of hydrogen-bond acceptors (Lipinski definition) is 4. The molecule has 1 unspecified atom stereocenters. The van der Waals surface area contributed by atoms with Crippen molar-refractivity contribution in [3.05, 3.63) is 70.8 Å². The number of hydrogen-bond donors (Lipinski definition) is 0. The van der Waals surface area contributed by atoms with E-state index >= 15 is 0 Å². The van der Waals surface area contributed by atoms with Crippen molar-refractivity contribution in [1.29, 1.82) is 0 Å². The quantitative estimate of drug-likeness (QED) is 0.695. The highest BCUT2D eigenvalue weighted by Crippen LogP contribution is 2.34. The van der Waals surface area contributed by atoms with Crippen LogP contribution in [0.4, 0.5) is 0 Å². The molecule has 2 aromatic rings. The van der Waals surface area contributed by atoms with E-state index in [0.29, 0.717) is 5.92 Å². The predicted molar refractivity (Wildman–Crippen MR) is 116 cm³/mol. The van der Waals surface area contributed by atoms with Crippen molar-refractivity contribution >= 4 is 12.2 Å². The van der Waals surface area contributed by atoms with Crippen LogP contribution in [0, 0.1) is 5.92 Å². The van der Waals surface area contributed by atoms with E-state index < -0.39 is 0 Å². The molecule has 1 saturated heterocycles. The fourth-order valence-corrected chi connectivity index (χ4v) is 5.30. The molecule has 1 amide bonds. The number of nitrogens with zero attached hydrogens (tertiary/aromatic N) is 3. The zero-order valence-electron chi connectivity index (χ0n) is 17.4. The summed E-state index contributed by atoms with van der Waals surface area (Å²) in [7, 11) is 0. The molecular weight excluding hydrogens is 374 g/mol. The minimum atomic E-state index is -0.0814. The van der Waals surface area contributed by atoms with Gasteiger partial charge in [-0.1, -0.05) is 42.5 Å². The summed E-state index contributed by atoms with van der Waals surface area (Å²) in [5.74, 6) is 0.810. The topological polar surface area (TPSA) is 43.9 Å². The van der Waals surface area contributed by atoms with E-state index in [9.17, 15) is 9.59 Å². The minimum absolute atomic E-state index is 0.0814. The monoisotopic (exact) mass is 403 g/mol. The molecule has 0 bridgehead atoms. The average molecular weight is 404 g/mol. The Bertz CT molecular complexity index is 935. The number of piperidine rings is 1. The lowest BCUT2D eigenvalue weighted by Crippen LogP contribution is -2.42. The Morgan fingerprint density at radius 2 is 1.63 bits per heavy atom. The van der Waals surface area contributed by atoms with Gasteiger partial charge in [0.1, 0.15) is 6.29 Å². The molecule has 3 aliphatic rings. The maximum absolute atomic E-state index is 12.5. The van der Waals surface area contributed by atoms with Crippen molar-refractivity contribution in [2.45, 2.75) is 32.0 Å². The predicted octanol–water partition coefficient (Wildman–Crippen LogP) is 3.11. The van der Waals surface area contributed by atoms with E-state index in [-0.39, 0.29) is 11.9 Å². The molecule has 156 valence electrons. The number of carbonyl (C=O) groups excluding carboxylic acids is 2. The Labute approximate surface area is 178 Å². The Kier molecular flexibility index (Phi) is 5.40. The molecule has 5 nitrogen and oxygen atoms in total. The first-order valence-electron chi connectivity index (χ1n) is 11.1. The van der Waals surface area contributed by atoms with Crippen molar-refractivity contribution in [2.75, 3.05) is 32.7 Å². The highest BCUT2D eigenvalue weighted by atomic mass is 16.2. The van der Waals surface area contributed by atoms with Crippen molar-refractivity contribution < 1.29 is 9.59 Å². The fourth-order valence-electron chi connectivity index (χ4n) is 5.30. The highest BCUT2D eigenvalue weighted by Gasteiger charge is 2.32. The number of aldehydes is 1. The summed E-state index contributed by atoms with van der Waals surface area (Å²) in [4.78, 5) is 31.1. The zero-order valence-corrected chi connectivity index (χ0v) is 17.4. The fraction of sp³-hybridized carbons (Fsp3) is 0.440. The molecule has 1 atom stereocenters. The SMILES string of the molecule is O=CC1c2ccccc2CN1CC1CCN(CCN2Cc3ccccc3C2=O)CC1. The van der Waals surface area contributed by atoms with Crippen LogP contribution in [0.1, 0.15) is 45.9 Å². The van der Waals surface area contributed by atoms with Crippen LogP contribution in [0.25, 0.3) is 0 Å². The zero-order chi connectivity index (χ0) is 20.5. The molecule has 1 fully saturated rings. The molecule has 0 spiro atoms. The third-order valence-corrected chi connectivity index (χ3v) is 7.05. The summed E-state index contributed by atoms with van der Waals surface area (Å²) in [5, 5.41) is 0. The van der Waals surface area contributed by atoms with E-state index in [4.69, 9.17) is 0 Å². The Hall–Kier alpha value is -2.50. The standard InChI is InChI=1S/C25H29N3O2/c29-18-24-22-7-3-1-5-20(22)17-28(24)15-19-9-11-26(12-10-19)13-14-27-16-21-6-2-4-8-23(21)25(27)30/h1-8,18-19,24H,9-17H2. The lowest BCUT2D eigenvalue weighted by Gasteiger charge is -2.35. The molecule has 0 N–H and O–H groups in total. The van der Waals surface area contributed by atoms with Gasteiger partial charge < -0.3 is 14.6 Å². The Morgan fingerprint density at radius 1 is 0.900 bits per heavy atom. The molecular formula is C25H29N3O2. The number of carbonyl (C=O) groups is 2. The van der Waals surface area contributed by atoms with Crippen molar-refractivity contribution in [1.82, 2.24) is 14.7 Å². The molecule has 0 aromatic heterocycles. The molecule has 5 heteroatoms. The molecule has 2 aromatic carbocycles. The first-order valence-corrected chi connectivity index (χ1v) is 11.1. The third kappa shape index (κ3) is 3.68. The lowest BCUT2D eigenvalue weighted by molar-refractivity contribution is -0.112. The van der Waals surface area contributed by atoms with Crippen LogP contribution >= 0.6 is 0 Å². The van der Waals surface area contributed by atoms with Crippen LogP contribution in [0.15, 0.2) is 48.5 Å². The van der Waals surface area contributed by atoms with Crippen molar-refractivity contribution in [3.63, 3.8) is 0 Å². The van der Waals surface area contributed by atoms with Gasteiger partial charge in [-0.2, -0.15) is 0 Å². The summed E-state index contributed by atoms with van der Waals surface area (Å²) in [6, 6.07) is 16.2. The van der Waals surface area contributed by atoms with Gasteiger partial charge in [0.2, 0.25) is 0 Å². The summed E-state index contributed by atoms with van der Waals surface area (Å²) in [6.07, 6.45) is 3.42. The first kappa shape index (κ1) is 19.5. The second-order valence-corrected chi connectivity index (χ2v) is 8.88. The van der Waals surface area contributed by atoms with Gasteiger partial charge in [-0.05, 0) is 54.6 Å². The van der Waals surface area contributed by atoms with Crippen LogP contribution in [0.5, 0.6) is 0 Å². The maximum atomic E-state index is 12.5. The van der Waals surface area contributed by atoms with E-state index in [1.807, 2.05) is 29.2 Å². The summed E-state index contributed by atoms with van der Waals surface area (Å²) < 4.78 is 0. The summed E-state index contributed by atoms with van der Waals surface area (Å²) >= 11 is 0. The molecule has 0 saturated carbocycles. The smallest absolute Gasteiger partial charge is 0.254 e. The normalized spacial score (nSPS) is 22.3. The molecule has 5 rings (SSSR count). The number of amides is 1. The van der Waals surface area contributed by atoms with Crippen LogP contribution < -0.4 is 0 Å². The van der Waals surface area contributed by atoms with Gasteiger partial charge in [0.05, 0.1) is 6.04 Å². The molecule has 0 aliphatic carbocycles. The Balaban J connectivity index is 1.09. The van der Waals surface area contributed by atoms with Gasteiger partial charge >= 0.3 is 0 Å². The van der Waals surface area contributed by atoms with Gasteiger partial charge in [-0.3, -0.25) is 9.69 Å². The summed E-state index contributed by atoms with van der Waals surface area (Å²) in [5.41, 5.74) is 4.50. The van der Waals surface area contributed by atoms with Crippen LogP contribution in [0.2, 0.25) is 0 Å². The Morgan fingerprint density at radius 3 is 2.40 bits per heavy atom. The molecule has 0 radical (unpaired) electrons. The minimum Gasteiger partial charge on any atom is -0.333 e. The average Bonchev–Trinajstić information content (AvgIpc) is 3.30. The number of likely N-dealkylation sites (tertiary alicyclic amines) is 1. The van der Waals surface area contributed by atoms with E-state index in [1.165, 1.54) is 11.1 Å². The van der Waals surface area contributed by atoms with Gasteiger partial charge in [0.15, 0.2) is 0 Å². The maximum Gasteiger partial charge on any atom is 0.254 e. The third-order valence-electron chi connectivity index (χ3n) is 7.05.